The summed E-state index contributed by atoms with van der Waals surface area (Å²) in [6, 6.07) is 3.78. The van der Waals surface area contributed by atoms with Gasteiger partial charge in [0.25, 0.3) is 0 Å². The number of hydrogen-bond donors (Lipinski definition) is 1. The summed E-state index contributed by atoms with van der Waals surface area (Å²) in [4.78, 5) is 6.29. The van der Waals surface area contributed by atoms with Crippen molar-refractivity contribution in [3.8, 4) is 0 Å². The molecule has 0 bridgehead atoms. The lowest BCUT2D eigenvalue weighted by atomic mass is 10.3. The second-order valence-corrected chi connectivity index (χ2v) is 4.02. The largest absolute Gasteiger partial charge is 0.392 e. The second kappa shape index (κ2) is 6.45. The van der Waals surface area contributed by atoms with E-state index in [0.717, 1.165) is 17.9 Å². The van der Waals surface area contributed by atoms with Crippen LogP contribution < -0.4 is 4.90 Å². The molecular formula is C12H20N2O2. The third-order valence-corrected chi connectivity index (χ3v) is 2.26. The molecule has 0 fully saturated rings. The van der Waals surface area contributed by atoms with Gasteiger partial charge < -0.3 is 14.7 Å². The molecule has 0 aromatic carbocycles. The third kappa shape index (κ3) is 4.16. The Balaban J connectivity index is 2.43. The molecule has 0 amide bonds. The molecule has 1 rings (SSSR count). The van der Waals surface area contributed by atoms with Gasteiger partial charge in [0.2, 0.25) is 0 Å². The summed E-state index contributed by atoms with van der Waals surface area (Å²) in [7, 11) is 1.98. The van der Waals surface area contributed by atoms with Crippen LogP contribution in [0.4, 0.5) is 5.82 Å². The van der Waals surface area contributed by atoms with E-state index in [1.54, 1.807) is 6.20 Å². The Labute approximate surface area is 96.9 Å². The Morgan fingerprint density at radius 3 is 2.69 bits per heavy atom. The Bertz CT molecular complexity index is 298. The number of aromatic nitrogens is 1. The van der Waals surface area contributed by atoms with Crippen LogP contribution in [0.3, 0.4) is 0 Å². The van der Waals surface area contributed by atoms with Crippen molar-refractivity contribution in [2.24, 2.45) is 0 Å². The van der Waals surface area contributed by atoms with Crippen molar-refractivity contribution in [1.29, 1.82) is 0 Å². The van der Waals surface area contributed by atoms with E-state index < -0.39 is 0 Å². The summed E-state index contributed by atoms with van der Waals surface area (Å²) in [5.74, 6) is 0.893. The zero-order valence-electron chi connectivity index (χ0n) is 10.2. The summed E-state index contributed by atoms with van der Waals surface area (Å²) in [5, 5.41) is 8.90. The molecular weight excluding hydrogens is 204 g/mol. The van der Waals surface area contributed by atoms with Gasteiger partial charge in [0.1, 0.15) is 5.82 Å². The lowest BCUT2D eigenvalue weighted by molar-refractivity contribution is 0.0845. The van der Waals surface area contributed by atoms with E-state index in [0.29, 0.717) is 6.61 Å². The number of rotatable bonds is 6. The maximum atomic E-state index is 8.90. The Morgan fingerprint density at radius 1 is 1.44 bits per heavy atom. The van der Waals surface area contributed by atoms with Crippen LogP contribution >= 0.6 is 0 Å². The van der Waals surface area contributed by atoms with Crippen LogP contribution in [-0.2, 0) is 11.3 Å². The van der Waals surface area contributed by atoms with E-state index in [4.69, 9.17) is 9.84 Å². The van der Waals surface area contributed by atoms with Crippen LogP contribution in [0.5, 0.6) is 0 Å². The maximum absolute atomic E-state index is 8.90. The van der Waals surface area contributed by atoms with Crippen molar-refractivity contribution in [1.82, 2.24) is 4.98 Å². The van der Waals surface area contributed by atoms with E-state index in [9.17, 15) is 0 Å². The first-order chi connectivity index (χ1) is 7.63. The summed E-state index contributed by atoms with van der Waals surface area (Å²) in [6.07, 6.45) is 1.95. The topological polar surface area (TPSA) is 45.6 Å². The number of aliphatic hydroxyl groups excluding tert-OH is 1. The first-order valence-electron chi connectivity index (χ1n) is 5.52. The van der Waals surface area contributed by atoms with Crippen LogP contribution in [0.15, 0.2) is 18.3 Å². The first kappa shape index (κ1) is 12.9. The summed E-state index contributed by atoms with van der Waals surface area (Å²) in [5.41, 5.74) is 0.829. The van der Waals surface area contributed by atoms with Gasteiger partial charge in [0, 0.05) is 19.8 Å². The summed E-state index contributed by atoms with van der Waals surface area (Å²) < 4.78 is 5.47. The molecule has 0 radical (unpaired) electrons. The molecule has 1 aromatic rings. The van der Waals surface area contributed by atoms with Crippen molar-refractivity contribution in [3.63, 3.8) is 0 Å². The highest BCUT2D eigenvalue weighted by atomic mass is 16.5. The molecule has 0 atom stereocenters. The molecule has 0 aliphatic heterocycles. The lowest BCUT2D eigenvalue weighted by Gasteiger charge is -2.19. The lowest BCUT2D eigenvalue weighted by Crippen LogP contribution is -2.24. The molecule has 1 heterocycles. The second-order valence-electron chi connectivity index (χ2n) is 4.02. The normalized spacial score (nSPS) is 10.8. The SMILES string of the molecule is CC(C)OCCN(C)c1ccc(CO)cn1. The highest BCUT2D eigenvalue weighted by Crippen LogP contribution is 2.09. The van der Waals surface area contributed by atoms with E-state index in [2.05, 4.69) is 4.98 Å². The Kier molecular flexibility index (Phi) is 5.22. The van der Waals surface area contributed by atoms with Crippen molar-refractivity contribution >= 4 is 5.82 Å². The first-order valence-corrected chi connectivity index (χ1v) is 5.52. The van der Waals surface area contributed by atoms with Crippen molar-refractivity contribution in [3.05, 3.63) is 23.9 Å². The number of hydrogen-bond acceptors (Lipinski definition) is 4. The predicted molar refractivity (Wildman–Crippen MR) is 64.5 cm³/mol. The van der Waals surface area contributed by atoms with Crippen LogP contribution in [-0.4, -0.2) is 36.4 Å². The van der Waals surface area contributed by atoms with Crippen LogP contribution in [0, 0.1) is 0 Å². The maximum Gasteiger partial charge on any atom is 0.128 e. The van der Waals surface area contributed by atoms with Gasteiger partial charge in [-0.1, -0.05) is 6.07 Å². The summed E-state index contributed by atoms with van der Waals surface area (Å²) in [6.45, 7) is 5.58. The molecule has 0 spiro atoms. The highest BCUT2D eigenvalue weighted by molar-refractivity contribution is 5.38. The molecule has 0 unspecified atom stereocenters. The zero-order chi connectivity index (χ0) is 12.0. The predicted octanol–water partition coefficient (Wildman–Crippen LogP) is 1.44. The third-order valence-electron chi connectivity index (χ3n) is 2.26. The minimum atomic E-state index is 0.0352. The monoisotopic (exact) mass is 224 g/mol. The minimum Gasteiger partial charge on any atom is -0.392 e. The van der Waals surface area contributed by atoms with Gasteiger partial charge in [-0.2, -0.15) is 0 Å². The molecule has 1 aromatic heterocycles. The van der Waals surface area contributed by atoms with Gasteiger partial charge in [-0.3, -0.25) is 0 Å². The van der Waals surface area contributed by atoms with Gasteiger partial charge in [-0.05, 0) is 25.5 Å². The number of likely N-dealkylation sites (N-methyl/N-ethyl adjacent to an activating group) is 1. The van der Waals surface area contributed by atoms with E-state index in [1.807, 2.05) is 37.9 Å². The fourth-order valence-electron chi connectivity index (χ4n) is 1.28. The Hall–Kier alpha value is -1.13. The Morgan fingerprint density at radius 2 is 2.19 bits per heavy atom. The number of aliphatic hydroxyl groups is 1. The molecule has 0 aliphatic rings. The fraction of sp³-hybridized carbons (Fsp3) is 0.583. The average Bonchev–Trinajstić information content (AvgIpc) is 2.28. The molecule has 4 heteroatoms. The quantitative estimate of drug-likeness (QED) is 0.794. The van der Waals surface area contributed by atoms with Crippen LogP contribution in [0.25, 0.3) is 0 Å². The average molecular weight is 224 g/mol. The zero-order valence-corrected chi connectivity index (χ0v) is 10.2. The fourth-order valence-corrected chi connectivity index (χ4v) is 1.28. The summed E-state index contributed by atoms with van der Waals surface area (Å²) >= 11 is 0. The van der Waals surface area contributed by atoms with Crippen LogP contribution in [0.1, 0.15) is 19.4 Å². The molecule has 90 valence electrons. The van der Waals surface area contributed by atoms with Gasteiger partial charge >= 0.3 is 0 Å². The van der Waals surface area contributed by atoms with Gasteiger partial charge in [0.15, 0.2) is 0 Å². The molecule has 1 N–H and O–H groups in total. The van der Waals surface area contributed by atoms with Crippen molar-refractivity contribution in [2.75, 3.05) is 25.1 Å². The smallest absolute Gasteiger partial charge is 0.128 e. The highest BCUT2D eigenvalue weighted by Gasteiger charge is 2.02. The van der Waals surface area contributed by atoms with Gasteiger partial charge in [-0.25, -0.2) is 4.98 Å². The standard InChI is InChI=1S/C12H20N2O2/c1-10(2)16-7-6-14(3)12-5-4-11(9-15)8-13-12/h4-5,8,10,15H,6-7,9H2,1-3H3. The molecule has 0 aliphatic carbocycles. The van der Waals surface area contributed by atoms with Crippen LogP contribution in [0.2, 0.25) is 0 Å². The molecule has 0 saturated carbocycles. The molecule has 0 saturated heterocycles. The molecule has 4 nitrogen and oxygen atoms in total. The number of pyridine rings is 1. The van der Waals surface area contributed by atoms with Gasteiger partial charge in [0.05, 0.1) is 19.3 Å². The number of nitrogens with zero attached hydrogens (tertiary/aromatic N) is 2. The van der Waals surface area contributed by atoms with E-state index in [1.165, 1.54) is 0 Å². The minimum absolute atomic E-state index is 0.0352. The van der Waals surface area contributed by atoms with E-state index >= 15 is 0 Å². The van der Waals surface area contributed by atoms with Crippen molar-refractivity contribution < 1.29 is 9.84 Å². The van der Waals surface area contributed by atoms with E-state index in [-0.39, 0.29) is 12.7 Å². The number of anilines is 1. The van der Waals surface area contributed by atoms with Gasteiger partial charge in [-0.15, -0.1) is 0 Å². The van der Waals surface area contributed by atoms with Crippen molar-refractivity contribution in [2.45, 2.75) is 26.6 Å². The molecule has 16 heavy (non-hydrogen) atoms. The number of ether oxygens (including phenoxy) is 1.